The van der Waals surface area contributed by atoms with Gasteiger partial charge in [0.25, 0.3) is 0 Å². The number of carbonyl (C=O) groups is 2. The standard InChI is InChI=1S/C23H20FNO3/c1-4-28-23(27)18-13(2)25(3)21-14-9-5-6-10-15(14)22(26)20(21)19(18)16-11-7-8-12-17(16)24/h5-12,19H,4H2,1-3H3. The lowest BCUT2D eigenvalue weighted by atomic mass is 9.79. The Balaban J connectivity index is 2.01. The van der Waals surface area contributed by atoms with Crippen molar-refractivity contribution in [2.75, 3.05) is 13.7 Å². The van der Waals surface area contributed by atoms with E-state index in [0.717, 1.165) is 11.3 Å². The van der Waals surface area contributed by atoms with Gasteiger partial charge in [0.05, 0.1) is 23.8 Å². The molecule has 4 nitrogen and oxygen atoms in total. The highest BCUT2D eigenvalue weighted by atomic mass is 19.1. The summed E-state index contributed by atoms with van der Waals surface area (Å²) in [7, 11) is 1.82. The first-order chi connectivity index (χ1) is 13.5. The van der Waals surface area contributed by atoms with E-state index < -0.39 is 17.7 Å². The van der Waals surface area contributed by atoms with Crippen LogP contribution in [-0.4, -0.2) is 30.3 Å². The molecule has 28 heavy (non-hydrogen) atoms. The van der Waals surface area contributed by atoms with Crippen LogP contribution in [0.15, 0.2) is 65.4 Å². The first kappa shape index (κ1) is 18.2. The maximum absolute atomic E-state index is 14.8. The molecule has 2 aromatic carbocycles. The summed E-state index contributed by atoms with van der Waals surface area (Å²) >= 11 is 0. The van der Waals surface area contributed by atoms with Crippen LogP contribution in [0.5, 0.6) is 0 Å². The highest BCUT2D eigenvalue weighted by Gasteiger charge is 2.45. The van der Waals surface area contributed by atoms with Gasteiger partial charge < -0.3 is 9.64 Å². The number of benzene rings is 2. The van der Waals surface area contributed by atoms with Crippen molar-refractivity contribution in [3.05, 3.63) is 87.9 Å². The number of halogens is 1. The fourth-order valence-electron chi connectivity index (χ4n) is 4.11. The topological polar surface area (TPSA) is 46.6 Å². The summed E-state index contributed by atoms with van der Waals surface area (Å²) in [5.74, 6) is -1.98. The van der Waals surface area contributed by atoms with Gasteiger partial charge in [0.2, 0.25) is 0 Å². The molecule has 1 atom stereocenters. The number of allylic oxidation sites excluding steroid dienone is 2. The van der Waals surface area contributed by atoms with Gasteiger partial charge in [-0.2, -0.15) is 0 Å². The zero-order valence-corrected chi connectivity index (χ0v) is 16.0. The van der Waals surface area contributed by atoms with Crippen LogP contribution in [0, 0.1) is 5.82 Å². The van der Waals surface area contributed by atoms with Gasteiger partial charge in [-0.1, -0.05) is 42.5 Å². The SMILES string of the molecule is CCOC(=O)C1=C(C)N(C)C2=C(C(=O)c3ccccc32)C1c1ccccc1F. The molecule has 2 aromatic rings. The minimum atomic E-state index is -0.814. The number of fused-ring (bicyclic) bond motifs is 2. The first-order valence-corrected chi connectivity index (χ1v) is 9.21. The van der Waals surface area contributed by atoms with Crippen LogP contribution < -0.4 is 0 Å². The second-order valence-electron chi connectivity index (χ2n) is 6.87. The molecule has 0 saturated carbocycles. The van der Waals surface area contributed by atoms with Crippen molar-refractivity contribution >= 4 is 17.4 Å². The molecule has 1 heterocycles. The van der Waals surface area contributed by atoms with Crippen molar-refractivity contribution < 1.29 is 18.7 Å². The Morgan fingerprint density at radius 1 is 1.11 bits per heavy atom. The number of hydrogen-bond donors (Lipinski definition) is 0. The fraction of sp³-hybridized carbons (Fsp3) is 0.217. The molecule has 0 bridgehead atoms. The molecule has 2 aliphatic rings. The van der Waals surface area contributed by atoms with Crippen molar-refractivity contribution in [3.8, 4) is 0 Å². The summed E-state index contributed by atoms with van der Waals surface area (Å²) in [6, 6.07) is 13.6. The lowest BCUT2D eigenvalue weighted by Gasteiger charge is -2.35. The molecule has 4 rings (SSSR count). The molecule has 1 aliphatic heterocycles. The van der Waals surface area contributed by atoms with E-state index in [4.69, 9.17) is 4.74 Å². The smallest absolute Gasteiger partial charge is 0.336 e. The highest BCUT2D eigenvalue weighted by Crippen LogP contribution is 2.50. The van der Waals surface area contributed by atoms with Gasteiger partial charge >= 0.3 is 5.97 Å². The van der Waals surface area contributed by atoms with Crippen molar-refractivity contribution in [2.24, 2.45) is 0 Å². The molecule has 1 aliphatic carbocycles. The van der Waals surface area contributed by atoms with Crippen LogP contribution in [0.3, 0.4) is 0 Å². The van der Waals surface area contributed by atoms with Crippen LogP contribution in [0.2, 0.25) is 0 Å². The van der Waals surface area contributed by atoms with E-state index in [1.807, 2.05) is 24.1 Å². The molecular formula is C23H20FNO3. The van der Waals surface area contributed by atoms with E-state index in [1.54, 1.807) is 44.2 Å². The predicted molar refractivity (Wildman–Crippen MR) is 104 cm³/mol. The van der Waals surface area contributed by atoms with Gasteiger partial charge in [0, 0.05) is 35.0 Å². The maximum atomic E-state index is 14.8. The van der Waals surface area contributed by atoms with Gasteiger partial charge in [0.1, 0.15) is 5.82 Å². The molecule has 0 aromatic heterocycles. The molecule has 142 valence electrons. The van der Waals surface area contributed by atoms with Crippen LogP contribution in [0.1, 0.15) is 41.3 Å². The van der Waals surface area contributed by atoms with Gasteiger partial charge in [-0.05, 0) is 19.9 Å². The van der Waals surface area contributed by atoms with Crippen LogP contribution in [0.25, 0.3) is 5.70 Å². The van der Waals surface area contributed by atoms with Gasteiger partial charge in [0.15, 0.2) is 5.78 Å². The molecule has 0 saturated heterocycles. The zero-order chi connectivity index (χ0) is 20.0. The van der Waals surface area contributed by atoms with Crippen molar-refractivity contribution in [2.45, 2.75) is 19.8 Å². The van der Waals surface area contributed by atoms with Crippen molar-refractivity contribution in [1.29, 1.82) is 0 Å². The van der Waals surface area contributed by atoms with Crippen LogP contribution in [0.4, 0.5) is 4.39 Å². The Kier molecular flexibility index (Phi) is 4.38. The minimum Gasteiger partial charge on any atom is -0.463 e. The largest absolute Gasteiger partial charge is 0.463 e. The summed E-state index contributed by atoms with van der Waals surface area (Å²) in [4.78, 5) is 28.0. The molecule has 0 amide bonds. The third-order valence-electron chi connectivity index (χ3n) is 5.44. The van der Waals surface area contributed by atoms with E-state index in [2.05, 4.69) is 0 Å². The molecule has 1 unspecified atom stereocenters. The normalized spacial score (nSPS) is 18.4. The average Bonchev–Trinajstić information content (AvgIpc) is 2.98. The molecule has 0 spiro atoms. The quantitative estimate of drug-likeness (QED) is 0.749. The maximum Gasteiger partial charge on any atom is 0.336 e. The van der Waals surface area contributed by atoms with Gasteiger partial charge in [-0.3, -0.25) is 4.79 Å². The summed E-state index contributed by atoms with van der Waals surface area (Å²) in [5.41, 5.74) is 3.75. The Labute approximate surface area is 162 Å². The summed E-state index contributed by atoms with van der Waals surface area (Å²) in [6.07, 6.45) is 0. The van der Waals surface area contributed by atoms with Gasteiger partial charge in [-0.15, -0.1) is 0 Å². The van der Waals surface area contributed by atoms with E-state index in [0.29, 0.717) is 28.0 Å². The third-order valence-corrected chi connectivity index (χ3v) is 5.44. The van der Waals surface area contributed by atoms with E-state index in [-0.39, 0.29) is 12.4 Å². The zero-order valence-electron chi connectivity index (χ0n) is 16.0. The lowest BCUT2D eigenvalue weighted by Crippen LogP contribution is -2.31. The summed E-state index contributed by atoms with van der Waals surface area (Å²) in [5, 5.41) is 0. The van der Waals surface area contributed by atoms with Crippen LogP contribution in [-0.2, 0) is 9.53 Å². The fourth-order valence-corrected chi connectivity index (χ4v) is 4.11. The Morgan fingerprint density at radius 3 is 2.43 bits per heavy atom. The summed E-state index contributed by atoms with van der Waals surface area (Å²) in [6.45, 7) is 3.72. The Morgan fingerprint density at radius 2 is 1.75 bits per heavy atom. The summed E-state index contributed by atoms with van der Waals surface area (Å²) < 4.78 is 20.1. The van der Waals surface area contributed by atoms with Crippen molar-refractivity contribution in [1.82, 2.24) is 4.90 Å². The number of rotatable bonds is 3. The van der Waals surface area contributed by atoms with E-state index >= 15 is 0 Å². The van der Waals surface area contributed by atoms with Crippen LogP contribution >= 0.6 is 0 Å². The number of nitrogens with zero attached hydrogens (tertiary/aromatic N) is 1. The lowest BCUT2D eigenvalue weighted by molar-refractivity contribution is -0.138. The molecule has 0 radical (unpaired) electrons. The van der Waals surface area contributed by atoms with E-state index in [9.17, 15) is 14.0 Å². The second kappa shape index (κ2) is 6.75. The molecule has 5 heteroatoms. The minimum absolute atomic E-state index is 0.181. The monoisotopic (exact) mass is 377 g/mol. The molecule has 0 fully saturated rings. The third kappa shape index (κ3) is 2.50. The van der Waals surface area contributed by atoms with Gasteiger partial charge in [-0.25, -0.2) is 9.18 Å². The average molecular weight is 377 g/mol. The number of esters is 1. The predicted octanol–water partition coefficient (Wildman–Crippen LogP) is 4.30. The molecular weight excluding hydrogens is 357 g/mol. The first-order valence-electron chi connectivity index (χ1n) is 9.21. The second-order valence-corrected chi connectivity index (χ2v) is 6.87. The Hall–Kier alpha value is -3.21. The Bertz CT molecular complexity index is 1070. The number of hydrogen-bond acceptors (Lipinski definition) is 4. The van der Waals surface area contributed by atoms with Crippen molar-refractivity contribution in [3.63, 3.8) is 0 Å². The highest BCUT2D eigenvalue weighted by molar-refractivity contribution is 6.23. The molecule has 0 N–H and O–H groups in total. The number of ketones is 1. The number of carbonyl (C=O) groups excluding carboxylic acids is 2. The number of ether oxygens (including phenoxy) is 1. The number of Topliss-reactive ketones (excluding diaryl/α,β-unsaturated/α-hetero) is 1. The van der Waals surface area contributed by atoms with E-state index in [1.165, 1.54) is 6.07 Å².